The summed E-state index contributed by atoms with van der Waals surface area (Å²) in [5.74, 6) is 0.685. The number of rotatable bonds is 3. The minimum atomic E-state index is -0.269. The number of ether oxygens (including phenoxy) is 1. The van der Waals surface area contributed by atoms with Crippen LogP contribution in [0.1, 0.15) is 24.5 Å². The van der Waals surface area contributed by atoms with E-state index in [1.807, 2.05) is 62.4 Å². The van der Waals surface area contributed by atoms with E-state index in [4.69, 9.17) is 21.4 Å². The van der Waals surface area contributed by atoms with Gasteiger partial charge in [0.2, 0.25) is 0 Å². The van der Waals surface area contributed by atoms with E-state index in [9.17, 15) is 4.79 Å². The lowest BCUT2D eigenvalue weighted by atomic mass is 10.1. The van der Waals surface area contributed by atoms with Crippen LogP contribution in [-0.2, 0) is 11.2 Å². The van der Waals surface area contributed by atoms with Crippen LogP contribution in [0, 0.1) is 6.92 Å². The van der Waals surface area contributed by atoms with Crippen LogP contribution in [0.4, 0.5) is 5.69 Å². The molecule has 0 unspecified atom stereocenters. The number of thiocarbonyl (C=S) groups is 1. The van der Waals surface area contributed by atoms with Gasteiger partial charge in [-0.2, -0.15) is 0 Å². The molecule has 3 rings (SSSR count). The fourth-order valence-corrected chi connectivity index (χ4v) is 3.01. The van der Waals surface area contributed by atoms with Crippen LogP contribution in [0.3, 0.4) is 0 Å². The van der Waals surface area contributed by atoms with Crippen molar-refractivity contribution in [3.63, 3.8) is 0 Å². The largest absolute Gasteiger partial charge is 0.436 e. The van der Waals surface area contributed by atoms with Gasteiger partial charge in [0.05, 0.1) is 0 Å². The molecule has 0 atom stereocenters. The number of anilines is 1. The summed E-state index contributed by atoms with van der Waals surface area (Å²) in [7, 11) is 0. The summed E-state index contributed by atoms with van der Waals surface area (Å²) >= 11 is 5.26. The highest BCUT2D eigenvalue weighted by Crippen LogP contribution is 2.11. The average molecular weight is 353 g/mol. The minimum Gasteiger partial charge on any atom is -0.436 e. The zero-order valence-corrected chi connectivity index (χ0v) is 15.0. The van der Waals surface area contributed by atoms with E-state index in [1.165, 1.54) is 0 Å². The summed E-state index contributed by atoms with van der Waals surface area (Å²) in [5, 5.41) is 4.23. The fourth-order valence-electron chi connectivity index (χ4n) is 2.78. The van der Waals surface area contributed by atoms with Gasteiger partial charge in [-0.15, -0.1) is 0 Å². The van der Waals surface area contributed by atoms with Gasteiger partial charge in [0.25, 0.3) is 5.17 Å². The van der Waals surface area contributed by atoms with Crippen molar-refractivity contribution in [2.75, 3.05) is 5.32 Å². The highest BCUT2D eigenvalue weighted by molar-refractivity contribution is 7.80. The number of fused-ring (bicyclic) bond motifs is 1. The molecule has 5 heteroatoms. The van der Waals surface area contributed by atoms with Crippen LogP contribution in [-0.4, -0.2) is 5.17 Å². The van der Waals surface area contributed by atoms with Gasteiger partial charge in [0, 0.05) is 22.9 Å². The summed E-state index contributed by atoms with van der Waals surface area (Å²) in [6, 6.07) is 9.60. The van der Waals surface area contributed by atoms with Crippen LogP contribution >= 0.6 is 12.2 Å². The molecule has 0 fully saturated rings. The Bertz CT molecular complexity index is 1000. The Labute approximate surface area is 151 Å². The van der Waals surface area contributed by atoms with Crippen molar-refractivity contribution < 1.29 is 9.15 Å². The zero-order chi connectivity index (χ0) is 17.8. The Morgan fingerprint density at radius 2 is 2.04 bits per heavy atom. The van der Waals surface area contributed by atoms with Crippen LogP contribution in [0.25, 0.3) is 12.2 Å². The van der Waals surface area contributed by atoms with E-state index in [0.717, 1.165) is 16.5 Å². The van der Waals surface area contributed by atoms with Crippen LogP contribution in [0.15, 0.2) is 51.4 Å². The van der Waals surface area contributed by atoms with Gasteiger partial charge in [0.1, 0.15) is 11.2 Å². The van der Waals surface area contributed by atoms with E-state index in [0.29, 0.717) is 29.6 Å². The summed E-state index contributed by atoms with van der Waals surface area (Å²) in [5.41, 5.74) is 2.84. The molecule has 1 heterocycles. The summed E-state index contributed by atoms with van der Waals surface area (Å²) in [6.07, 6.45) is 6.77. The number of hydrogen-bond donors (Lipinski definition) is 1. The molecular weight excluding hydrogens is 334 g/mol. The maximum Gasteiger partial charge on any atom is 0.339 e. The Morgan fingerprint density at radius 3 is 2.76 bits per heavy atom. The monoisotopic (exact) mass is 353 g/mol. The quantitative estimate of drug-likeness (QED) is 0.860. The smallest absolute Gasteiger partial charge is 0.339 e. The van der Waals surface area contributed by atoms with Gasteiger partial charge in [-0.25, -0.2) is 4.79 Å². The second-order valence-electron chi connectivity index (χ2n) is 5.71. The van der Waals surface area contributed by atoms with Crippen molar-refractivity contribution in [2.24, 2.45) is 0 Å². The van der Waals surface area contributed by atoms with E-state index in [1.54, 1.807) is 0 Å². The van der Waals surface area contributed by atoms with E-state index < -0.39 is 0 Å². The molecule has 25 heavy (non-hydrogen) atoms. The summed E-state index contributed by atoms with van der Waals surface area (Å²) in [6.45, 7) is 3.89. The second kappa shape index (κ2) is 7.49. The number of para-hydroxylation sites is 1. The molecule has 0 amide bonds. The van der Waals surface area contributed by atoms with Gasteiger partial charge in [0.15, 0.2) is 0 Å². The molecule has 128 valence electrons. The number of allylic oxidation sites excluding steroid dienone is 2. The molecule has 0 spiro atoms. The first-order valence-electron chi connectivity index (χ1n) is 8.16. The third kappa shape index (κ3) is 3.88. The Morgan fingerprint density at radius 1 is 1.28 bits per heavy atom. The first-order chi connectivity index (χ1) is 12.1. The van der Waals surface area contributed by atoms with Gasteiger partial charge >= 0.3 is 5.63 Å². The molecule has 0 saturated heterocycles. The minimum absolute atomic E-state index is 0.269. The highest BCUT2D eigenvalue weighted by atomic mass is 32.1. The van der Waals surface area contributed by atoms with E-state index in [2.05, 4.69) is 5.32 Å². The molecule has 0 aliphatic heterocycles. The molecular formula is C20H19NO3S. The van der Waals surface area contributed by atoms with Gasteiger partial charge < -0.3 is 14.5 Å². The second-order valence-corrected chi connectivity index (χ2v) is 6.08. The lowest BCUT2D eigenvalue weighted by Gasteiger charge is -2.10. The maximum absolute atomic E-state index is 12.0. The van der Waals surface area contributed by atoms with E-state index in [-0.39, 0.29) is 10.8 Å². The summed E-state index contributed by atoms with van der Waals surface area (Å²) < 4.78 is 11.2. The van der Waals surface area contributed by atoms with Crippen LogP contribution in [0.5, 0.6) is 0 Å². The Hall–Kier alpha value is -2.66. The Kier molecular flexibility index (Phi) is 5.14. The van der Waals surface area contributed by atoms with Crippen molar-refractivity contribution in [1.82, 2.24) is 0 Å². The van der Waals surface area contributed by atoms with E-state index >= 15 is 0 Å². The molecule has 1 aromatic carbocycles. The molecule has 0 saturated carbocycles. The predicted molar refractivity (Wildman–Crippen MR) is 104 cm³/mol. The van der Waals surface area contributed by atoms with Gasteiger partial charge in [-0.05, 0) is 61.5 Å². The molecule has 2 aromatic rings. The lowest BCUT2D eigenvalue weighted by molar-refractivity contribution is 0.416. The highest BCUT2D eigenvalue weighted by Gasteiger charge is 2.10. The maximum atomic E-state index is 12.0. The number of hydrogen-bond acceptors (Lipinski definition) is 4. The molecule has 1 aromatic heterocycles. The standard InChI is InChI=1S/C20H19NO3S/c1-3-16-13(2)17-11-9-15(10-12-18(17)24-19(16)22)23-20(25)21-14-7-5-4-6-8-14/h4-9,11-12H,3,10H2,1-2H3,(H,21,25). The van der Waals surface area contributed by atoms with Gasteiger partial charge in [-0.1, -0.05) is 25.1 Å². The average Bonchev–Trinajstić information content (AvgIpc) is 2.79. The molecule has 1 aliphatic carbocycles. The Balaban J connectivity index is 1.84. The predicted octanol–water partition coefficient (Wildman–Crippen LogP) is 2.77. The number of nitrogens with one attached hydrogen (secondary N) is 1. The molecule has 0 radical (unpaired) electrons. The molecule has 1 aliphatic rings. The number of benzene rings is 1. The van der Waals surface area contributed by atoms with Gasteiger partial charge in [-0.3, -0.25) is 0 Å². The van der Waals surface area contributed by atoms with Crippen molar-refractivity contribution >= 4 is 35.2 Å². The SMILES string of the molecule is CCc1c(C)c2c(oc1=O)=CCC(OC(=S)Nc1ccccc1)=CC=2. The third-order valence-electron chi connectivity index (χ3n) is 4.09. The van der Waals surface area contributed by atoms with Crippen molar-refractivity contribution in [1.29, 1.82) is 0 Å². The van der Waals surface area contributed by atoms with Crippen molar-refractivity contribution in [2.45, 2.75) is 26.7 Å². The van der Waals surface area contributed by atoms with Crippen LogP contribution in [0.2, 0.25) is 0 Å². The third-order valence-corrected chi connectivity index (χ3v) is 4.28. The normalized spacial score (nSPS) is 12.8. The molecule has 4 nitrogen and oxygen atoms in total. The zero-order valence-electron chi connectivity index (χ0n) is 14.2. The molecule has 1 N–H and O–H groups in total. The van der Waals surface area contributed by atoms with Crippen LogP contribution < -0.4 is 21.6 Å². The first-order valence-corrected chi connectivity index (χ1v) is 8.57. The van der Waals surface area contributed by atoms with Crippen molar-refractivity contribution in [3.05, 3.63) is 74.3 Å². The van der Waals surface area contributed by atoms with Crippen molar-refractivity contribution in [3.8, 4) is 0 Å². The topological polar surface area (TPSA) is 51.5 Å². The fraction of sp³-hybridized carbons (Fsp3) is 0.200. The summed E-state index contributed by atoms with van der Waals surface area (Å²) in [4.78, 5) is 12.0. The molecule has 0 bridgehead atoms. The lowest BCUT2D eigenvalue weighted by Crippen LogP contribution is -2.34. The first kappa shape index (κ1) is 17.2.